The van der Waals surface area contributed by atoms with Crippen LogP contribution in [0.5, 0.6) is 0 Å². The molecule has 0 atom stereocenters. The van der Waals surface area contributed by atoms with E-state index in [1.54, 1.807) is 0 Å². The maximum Gasteiger partial charge on any atom is 0.251 e. The Morgan fingerprint density at radius 1 is 0.967 bits per heavy atom. The number of nitrogens with zero attached hydrogens (tertiary/aromatic N) is 1. The van der Waals surface area contributed by atoms with Crippen molar-refractivity contribution >= 4 is 21.8 Å². The molecule has 8 heteroatoms. The summed E-state index contributed by atoms with van der Waals surface area (Å²) in [5, 5.41) is 5.33. The van der Waals surface area contributed by atoms with Gasteiger partial charge in [-0.05, 0) is 62.1 Å². The first-order valence-corrected chi connectivity index (χ1v) is 11.1. The fourth-order valence-electron chi connectivity index (χ4n) is 3.26. The summed E-state index contributed by atoms with van der Waals surface area (Å²) in [5.41, 5.74) is 4.99. The van der Waals surface area contributed by atoms with Crippen LogP contribution in [0.2, 0.25) is 0 Å². The topological polar surface area (TPSA) is 95.6 Å². The Kier molecular flexibility index (Phi) is 7.75. The van der Waals surface area contributed by atoms with E-state index < -0.39 is 15.9 Å². The summed E-state index contributed by atoms with van der Waals surface area (Å²) >= 11 is 0. The third kappa shape index (κ3) is 5.90. The van der Waals surface area contributed by atoms with Gasteiger partial charge in [0, 0.05) is 26.2 Å². The largest absolute Gasteiger partial charge is 0.354 e. The van der Waals surface area contributed by atoms with Crippen molar-refractivity contribution in [3.8, 4) is 0 Å². The van der Waals surface area contributed by atoms with Crippen LogP contribution in [0.3, 0.4) is 0 Å². The summed E-state index contributed by atoms with van der Waals surface area (Å²) in [4.78, 5) is 24.4. The average molecular weight is 432 g/mol. The standard InChI is InChI=1S/C22H29N3O4S/c1-15-11-16(2)20(17(3)12-15)9-10-23-21(26)14-24-22(27)18-7-6-8-19(13-18)30(28,29)25(4)5/h6-8,11-13H,9-10,14H2,1-5H3,(H,23,26)(H,24,27). The lowest BCUT2D eigenvalue weighted by atomic mass is 9.97. The van der Waals surface area contributed by atoms with E-state index in [0.29, 0.717) is 13.0 Å². The van der Waals surface area contributed by atoms with E-state index in [0.717, 1.165) is 4.31 Å². The zero-order valence-electron chi connectivity index (χ0n) is 18.1. The van der Waals surface area contributed by atoms with Crippen LogP contribution in [0.25, 0.3) is 0 Å². The number of aryl methyl sites for hydroxylation is 3. The molecule has 0 radical (unpaired) electrons. The van der Waals surface area contributed by atoms with E-state index in [1.807, 2.05) is 0 Å². The van der Waals surface area contributed by atoms with Crippen LogP contribution < -0.4 is 10.6 Å². The van der Waals surface area contributed by atoms with Gasteiger partial charge in [-0.25, -0.2) is 12.7 Å². The van der Waals surface area contributed by atoms with Crippen molar-refractivity contribution in [1.82, 2.24) is 14.9 Å². The van der Waals surface area contributed by atoms with E-state index in [4.69, 9.17) is 0 Å². The number of nitrogens with one attached hydrogen (secondary N) is 2. The Morgan fingerprint density at radius 3 is 2.20 bits per heavy atom. The predicted octanol–water partition coefficient (Wildman–Crippen LogP) is 1.95. The lowest BCUT2D eigenvalue weighted by Crippen LogP contribution is -2.37. The predicted molar refractivity (Wildman–Crippen MR) is 117 cm³/mol. The molecule has 2 rings (SSSR count). The van der Waals surface area contributed by atoms with E-state index in [-0.39, 0.29) is 22.9 Å². The van der Waals surface area contributed by atoms with Crippen molar-refractivity contribution in [2.75, 3.05) is 27.2 Å². The van der Waals surface area contributed by atoms with Gasteiger partial charge in [0.15, 0.2) is 0 Å². The number of benzene rings is 2. The van der Waals surface area contributed by atoms with Crippen LogP contribution in [0.1, 0.15) is 32.6 Å². The Balaban J connectivity index is 1.89. The number of rotatable bonds is 8. The van der Waals surface area contributed by atoms with Gasteiger partial charge in [-0.15, -0.1) is 0 Å². The van der Waals surface area contributed by atoms with Crippen LogP contribution in [0, 0.1) is 20.8 Å². The first-order chi connectivity index (χ1) is 14.0. The highest BCUT2D eigenvalue weighted by Gasteiger charge is 2.19. The molecule has 0 aliphatic heterocycles. The SMILES string of the molecule is Cc1cc(C)c(CCNC(=O)CNC(=O)c2cccc(S(=O)(=O)N(C)C)c2)c(C)c1. The summed E-state index contributed by atoms with van der Waals surface area (Å²) in [7, 11) is -0.793. The molecule has 2 N–H and O–H groups in total. The highest BCUT2D eigenvalue weighted by Crippen LogP contribution is 2.17. The molecule has 2 amide bonds. The van der Waals surface area contributed by atoms with Gasteiger partial charge >= 0.3 is 0 Å². The lowest BCUT2D eigenvalue weighted by molar-refractivity contribution is -0.120. The van der Waals surface area contributed by atoms with Crippen molar-refractivity contribution in [3.05, 3.63) is 64.2 Å². The van der Waals surface area contributed by atoms with Crippen molar-refractivity contribution in [3.63, 3.8) is 0 Å². The average Bonchev–Trinajstić information content (AvgIpc) is 2.68. The molecule has 0 unspecified atom stereocenters. The third-order valence-electron chi connectivity index (χ3n) is 4.82. The van der Waals surface area contributed by atoms with Crippen LogP contribution >= 0.6 is 0 Å². The minimum atomic E-state index is -3.64. The molecule has 7 nitrogen and oxygen atoms in total. The van der Waals surface area contributed by atoms with Crippen LogP contribution in [-0.4, -0.2) is 51.7 Å². The monoisotopic (exact) mass is 431 g/mol. The molecule has 0 aliphatic rings. The highest BCUT2D eigenvalue weighted by atomic mass is 32.2. The van der Waals surface area contributed by atoms with Gasteiger partial charge in [-0.2, -0.15) is 0 Å². The number of hydrogen-bond acceptors (Lipinski definition) is 4. The normalized spacial score (nSPS) is 11.4. The fourth-order valence-corrected chi connectivity index (χ4v) is 4.21. The Hall–Kier alpha value is -2.71. The Bertz CT molecular complexity index is 1020. The Morgan fingerprint density at radius 2 is 1.60 bits per heavy atom. The van der Waals surface area contributed by atoms with Gasteiger partial charge in [0.05, 0.1) is 11.4 Å². The van der Waals surface area contributed by atoms with Gasteiger partial charge in [-0.1, -0.05) is 23.8 Å². The number of amides is 2. The second-order valence-corrected chi connectivity index (χ2v) is 9.63. The quantitative estimate of drug-likeness (QED) is 0.668. The highest BCUT2D eigenvalue weighted by molar-refractivity contribution is 7.89. The number of carbonyl (C=O) groups is 2. The summed E-state index contributed by atoms with van der Waals surface area (Å²) in [6.07, 6.45) is 0.710. The van der Waals surface area contributed by atoms with E-state index in [1.165, 1.54) is 60.6 Å². The van der Waals surface area contributed by atoms with Crippen molar-refractivity contribution in [2.45, 2.75) is 32.1 Å². The second-order valence-electron chi connectivity index (χ2n) is 7.48. The second kappa shape index (κ2) is 9.86. The number of carbonyl (C=O) groups excluding carboxylic acids is 2. The van der Waals surface area contributed by atoms with E-state index in [2.05, 4.69) is 43.5 Å². The molecule has 0 heterocycles. The van der Waals surface area contributed by atoms with E-state index >= 15 is 0 Å². The maximum absolute atomic E-state index is 12.3. The maximum atomic E-state index is 12.3. The van der Waals surface area contributed by atoms with Crippen LogP contribution in [-0.2, 0) is 21.2 Å². The third-order valence-corrected chi connectivity index (χ3v) is 6.63. The summed E-state index contributed by atoms with van der Waals surface area (Å²) in [6.45, 7) is 6.45. The molecule has 2 aromatic carbocycles. The lowest BCUT2D eigenvalue weighted by Gasteiger charge is -2.13. The van der Waals surface area contributed by atoms with Crippen molar-refractivity contribution < 1.29 is 18.0 Å². The van der Waals surface area contributed by atoms with Crippen molar-refractivity contribution in [1.29, 1.82) is 0 Å². The molecule has 0 spiro atoms. The first-order valence-electron chi connectivity index (χ1n) is 9.66. The zero-order chi connectivity index (χ0) is 22.5. The van der Waals surface area contributed by atoms with Gasteiger partial charge < -0.3 is 10.6 Å². The molecule has 0 bridgehead atoms. The minimum absolute atomic E-state index is 0.0217. The smallest absolute Gasteiger partial charge is 0.251 e. The van der Waals surface area contributed by atoms with E-state index in [9.17, 15) is 18.0 Å². The van der Waals surface area contributed by atoms with Gasteiger partial charge in [-0.3, -0.25) is 9.59 Å². The number of sulfonamides is 1. The summed E-state index contributed by atoms with van der Waals surface area (Å²) in [6, 6.07) is 9.96. The van der Waals surface area contributed by atoms with Gasteiger partial charge in [0.1, 0.15) is 0 Å². The molecule has 0 aromatic heterocycles. The minimum Gasteiger partial charge on any atom is -0.354 e. The van der Waals surface area contributed by atoms with Crippen LogP contribution in [0.15, 0.2) is 41.3 Å². The summed E-state index contributed by atoms with van der Waals surface area (Å²) < 4.78 is 25.5. The van der Waals surface area contributed by atoms with Gasteiger partial charge in [0.2, 0.25) is 15.9 Å². The molecule has 0 saturated carbocycles. The molecule has 0 fully saturated rings. The van der Waals surface area contributed by atoms with Crippen molar-refractivity contribution in [2.24, 2.45) is 0 Å². The molecule has 162 valence electrons. The summed E-state index contributed by atoms with van der Waals surface area (Å²) in [5.74, 6) is -0.811. The zero-order valence-corrected chi connectivity index (χ0v) is 18.9. The van der Waals surface area contributed by atoms with Crippen LogP contribution in [0.4, 0.5) is 0 Å². The molecule has 30 heavy (non-hydrogen) atoms. The fraction of sp³-hybridized carbons (Fsp3) is 0.364. The Labute approximate surface area is 178 Å². The molecular formula is C22H29N3O4S. The molecule has 2 aromatic rings. The molecular weight excluding hydrogens is 402 g/mol. The van der Waals surface area contributed by atoms with Gasteiger partial charge in [0.25, 0.3) is 5.91 Å². The molecule has 0 aliphatic carbocycles. The first kappa shape index (κ1) is 23.6. The number of hydrogen-bond donors (Lipinski definition) is 2. The molecule has 0 saturated heterocycles.